The Morgan fingerprint density at radius 1 is 1.17 bits per heavy atom. The highest BCUT2D eigenvalue weighted by Crippen LogP contribution is 2.38. The number of carboxylic acid groups (broad SMARTS) is 1. The zero-order valence-electron chi connectivity index (χ0n) is 16.2. The SMILES string of the molecule is CC(=O)N1c2ccc(-c3cnn(Cc4cccnc4)c3)cc2N(C(=O)O)C[C@@H]1C. The maximum atomic E-state index is 12.1. The van der Waals surface area contributed by atoms with Gasteiger partial charge in [0.15, 0.2) is 0 Å². The van der Waals surface area contributed by atoms with Gasteiger partial charge in [-0.1, -0.05) is 12.1 Å². The molecule has 0 radical (unpaired) electrons. The van der Waals surface area contributed by atoms with Crippen LogP contribution in [-0.2, 0) is 11.3 Å². The van der Waals surface area contributed by atoms with E-state index in [0.717, 1.165) is 16.7 Å². The van der Waals surface area contributed by atoms with Crippen LogP contribution in [0.25, 0.3) is 11.1 Å². The number of nitrogens with zero attached hydrogens (tertiary/aromatic N) is 5. The summed E-state index contributed by atoms with van der Waals surface area (Å²) in [5.41, 5.74) is 3.85. The number of benzene rings is 1. The lowest BCUT2D eigenvalue weighted by Gasteiger charge is -2.39. The monoisotopic (exact) mass is 391 g/mol. The molecular formula is C21H21N5O3. The van der Waals surface area contributed by atoms with E-state index in [9.17, 15) is 14.7 Å². The molecule has 0 unspecified atom stereocenters. The van der Waals surface area contributed by atoms with E-state index in [0.29, 0.717) is 17.9 Å². The minimum atomic E-state index is -1.04. The largest absolute Gasteiger partial charge is 0.465 e. The summed E-state index contributed by atoms with van der Waals surface area (Å²) in [7, 11) is 0. The first-order valence-electron chi connectivity index (χ1n) is 9.30. The Morgan fingerprint density at radius 2 is 2.00 bits per heavy atom. The van der Waals surface area contributed by atoms with Crippen molar-refractivity contribution in [2.75, 3.05) is 16.3 Å². The van der Waals surface area contributed by atoms with Crippen molar-refractivity contribution < 1.29 is 14.7 Å². The maximum Gasteiger partial charge on any atom is 0.411 e. The average molecular weight is 391 g/mol. The molecule has 0 bridgehead atoms. The van der Waals surface area contributed by atoms with Gasteiger partial charge in [-0.05, 0) is 36.2 Å². The minimum absolute atomic E-state index is 0.110. The predicted octanol–water partition coefficient (Wildman–Crippen LogP) is 3.23. The van der Waals surface area contributed by atoms with Gasteiger partial charge in [-0.15, -0.1) is 0 Å². The average Bonchev–Trinajstić information content (AvgIpc) is 3.15. The van der Waals surface area contributed by atoms with E-state index >= 15 is 0 Å². The molecule has 0 fully saturated rings. The predicted molar refractivity (Wildman–Crippen MR) is 109 cm³/mol. The van der Waals surface area contributed by atoms with Gasteiger partial charge >= 0.3 is 6.09 Å². The van der Waals surface area contributed by atoms with Gasteiger partial charge in [0, 0.05) is 37.6 Å². The first kappa shape index (κ1) is 18.7. The molecule has 4 rings (SSSR count). The second-order valence-corrected chi connectivity index (χ2v) is 7.12. The molecule has 1 aliphatic heterocycles. The molecule has 0 saturated heterocycles. The minimum Gasteiger partial charge on any atom is -0.465 e. The van der Waals surface area contributed by atoms with Crippen LogP contribution in [0.3, 0.4) is 0 Å². The highest BCUT2D eigenvalue weighted by atomic mass is 16.4. The zero-order valence-corrected chi connectivity index (χ0v) is 16.2. The summed E-state index contributed by atoms with van der Waals surface area (Å²) in [6.45, 7) is 4.16. The summed E-state index contributed by atoms with van der Waals surface area (Å²) in [6, 6.07) is 9.12. The van der Waals surface area contributed by atoms with Crippen LogP contribution in [0.2, 0.25) is 0 Å². The molecule has 0 aliphatic carbocycles. The summed E-state index contributed by atoms with van der Waals surface area (Å²) >= 11 is 0. The Hall–Kier alpha value is -3.68. The van der Waals surface area contributed by atoms with Crippen molar-refractivity contribution in [1.29, 1.82) is 0 Å². The number of pyridine rings is 1. The second-order valence-electron chi connectivity index (χ2n) is 7.12. The molecule has 2 aromatic heterocycles. The van der Waals surface area contributed by atoms with Crippen LogP contribution in [0.1, 0.15) is 19.4 Å². The molecule has 3 aromatic rings. The molecule has 8 heteroatoms. The molecule has 0 spiro atoms. The Labute approximate surface area is 168 Å². The topological polar surface area (TPSA) is 91.6 Å². The van der Waals surface area contributed by atoms with Crippen molar-refractivity contribution >= 4 is 23.4 Å². The summed E-state index contributed by atoms with van der Waals surface area (Å²) in [5.74, 6) is -0.110. The number of anilines is 2. The van der Waals surface area contributed by atoms with Crippen molar-refractivity contribution in [3.8, 4) is 11.1 Å². The molecule has 2 amide bonds. The van der Waals surface area contributed by atoms with Gasteiger partial charge in [0.05, 0.1) is 30.2 Å². The fraction of sp³-hybridized carbons (Fsp3) is 0.238. The van der Waals surface area contributed by atoms with Gasteiger partial charge in [0.1, 0.15) is 0 Å². The third-order valence-corrected chi connectivity index (χ3v) is 5.02. The lowest BCUT2D eigenvalue weighted by molar-refractivity contribution is -0.117. The van der Waals surface area contributed by atoms with E-state index in [-0.39, 0.29) is 18.5 Å². The van der Waals surface area contributed by atoms with Gasteiger partial charge < -0.3 is 10.0 Å². The van der Waals surface area contributed by atoms with Crippen LogP contribution in [-0.4, -0.2) is 44.5 Å². The van der Waals surface area contributed by atoms with Crippen molar-refractivity contribution in [2.45, 2.75) is 26.4 Å². The van der Waals surface area contributed by atoms with E-state index in [4.69, 9.17) is 0 Å². The first-order valence-corrected chi connectivity index (χ1v) is 9.30. The van der Waals surface area contributed by atoms with Crippen LogP contribution < -0.4 is 9.80 Å². The van der Waals surface area contributed by atoms with E-state index in [1.807, 2.05) is 36.0 Å². The standard InChI is InChI=1S/C21H21N5O3/c1-14-11-25(21(28)29)20-8-17(5-6-19(20)26(14)15(2)27)18-10-23-24(13-18)12-16-4-3-7-22-9-16/h3-10,13-14H,11-12H2,1-2H3,(H,28,29)/t14-/m0/s1. The summed E-state index contributed by atoms with van der Waals surface area (Å²) < 4.78 is 1.81. The lowest BCUT2D eigenvalue weighted by Crippen LogP contribution is -2.51. The fourth-order valence-electron chi connectivity index (χ4n) is 3.74. The lowest BCUT2D eigenvalue weighted by atomic mass is 10.0. The van der Waals surface area contributed by atoms with E-state index in [2.05, 4.69) is 10.1 Å². The van der Waals surface area contributed by atoms with Gasteiger partial charge in [-0.25, -0.2) is 4.79 Å². The molecule has 148 valence electrons. The van der Waals surface area contributed by atoms with Crippen LogP contribution >= 0.6 is 0 Å². The summed E-state index contributed by atoms with van der Waals surface area (Å²) in [5, 5.41) is 14.1. The molecule has 1 N–H and O–H groups in total. The van der Waals surface area contributed by atoms with Crippen molar-refractivity contribution in [3.63, 3.8) is 0 Å². The molecule has 1 atom stereocenters. The fourth-order valence-corrected chi connectivity index (χ4v) is 3.74. The maximum absolute atomic E-state index is 12.1. The number of carbonyl (C=O) groups excluding carboxylic acids is 1. The third kappa shape index (κ3) is 3.56. The number of aromatic nitrogens is 3. The summed E-state index contributed by atoms with van der Waals surface area (Å²) in [4.78, 5) is 31.0. The molecule has 1 aromatic carbocycles. The molecule has 29 heavy (non-hydrogen) atoms. The molecule has 0 saturated carbocycles. The van der Waals surface area contributed by atoms with Crippen molar-refractivity contribution in [1.82, 2.24) is 14.8 Å². The van der Waals surface area contributed by atoms with Crippen LogP contribution in [0.4, 0.5) is 16.2 Å². The van der Waals surface area contributed by atoms with Crippen LogP contribution in [0.5, 0.6) is 0 Å². The van der Waals surface area contributed by atoms with Gasteiger partial charge in [-0.2, -0.15) is 5.10 Å². The highest BCUT2D eigenvalue weighted by Gasteiger charge is 2.33. The normalized spacial score (nSPS) is 15.9. The highest BCUT2D eigenvalue weighted by molar-refractivity contribution is 6.02. The smallest absolute Gasteiger partial charge is 0.411 e. The van der Waals surface area contributed by atoms with Crippen LogP contribution in [0.15, 0.2) is 55.1 Å². The number of hydrogen-bond donors (Lipinski definition) is 1. The summed E-state index contributed by atoms with van der Waals surface area (Å²) in [6.07, 6.45) is 6.14. The third-order valence-electron chi connectivity index (χ3n) is 5.02. The van der Waals surface area contributed by atoms with E-state index in [1.165, 1.54) is 11.8 Å². The number of fused-ring (bicyclic) bond motifs is 1. The van der Waals surface area contributed by atoms with Crippen molar-refractivity contribution in [3.05, 3.63) is 60.7 Å². The molecule has 3 heterocycles. The van der Waals surface area contributed by atoms with Gasteiger partial charge in [-0.3, -0.25) is 19.4 Å². The molecule has 8 nitrogen and oxygen atoms in total. The Kier molecular flexibility index (Phi) is 4.75. The number of amides is 2. The first-order chi connectivity index (χ1) is 13.9. The Bertz CT molecular complexity index is 1060. The zero-order chi connectivity index (χ0) is 20.5. The molecule has 1 aliphatic rings. The van der Waals surface area contributed by atoms with E-state index < -0.39 is 6.09 Å². The molecular weight excluding hydrogens is 370 g/mol. The Balaban J connectivity index is 1.69. The quantitative estimate of drug-likeness (QED) is 0.740. The van der Waals surface area contributed by atoms with Crippen LogP contribution in [0, 0.1) is 0 Å². The van der Waals surface area contributed by atoms with Gasteiger partial charge in [0.25, 0.3) is 0 Å². The van der Waals surface area contributed by atoms with Gasteiger partial charge in [0.2, 0.25) is 5.91 Å². The van der Waals surface area contributed by atoms with Crippen molar-refractivity contribution in [2.24, 2.45) is 0 Å². The number of hydrogen-bond acceptors (Lipinski definition) is 4. The van der Waals surface area contributed by atoms with E-state index in [1.54, 1.807) is 35.6 Å². The number of rotatable bonds is 3. The second kappa shape index (κ2) is 7.38. The number of carbonyl (C=O) groups is 2. The Morgan fingerprint density at radius 3 is 2.69 bits per heavy atom.